The van der Waals surface area contributed by atoms with Crippen LogP contribution in [-0.2, 0) is 4.79 Å². The number of ether oxygens (including phenoxy) is 1. The maximum absolute atomic E-state index is 12.7. The number of thiazole rings is 1. The molecule has 140 valence electrons. The molecule has 3 aromatic rings. The topological polar surface area (TPSA) is 55.7 Å². The Morgan fingerprint density at radius 1 is 1.33 bits per heavy atom. The molecular weight excluding hydrogens is 358 g/mol. The third kappa shape index (κ3) is 3.82. The monoisotopic (exact) mass is 382 g/mol. The van der Waals surface area contributed by atoms with Gasteiger partial charge in [0.15, 0.2) is 11.6 Å². The molecule has 5 nitrogen and oxygen atoms in total. The first-order chi connectivity index (χ1) is 13.1. The van der Waals surface area contributed by atoms with Crippen LogP contribution in [0.25, 0.3) is 10.2 Å². The quantitative estimate of drug-likeness (QED) is 0.713. The second-order valence-electron chi connectivity index (χ2n) is 7.05. The van der Waals surface area contributed by atoms with Gasteiger partial charge in [-0.15, -0.1) is 11.3 Å². The van der Waals surface area contributed by atoms with Crippen molar-refractivity contribution < 1.29 is 14.4 Å². The van der Waals surface area contributed by atoms with Crippen LogP contribution in [0.4, 0.5) is 5.69 Å². The van der Waals surface area contributed by atoms with Crippen LogP contribution in [0.3, 0.4) is 0 Å². The molecule has 0 spiro atoms. The SMILES string of the molecule is COc1ccc(C)cc1NC(=O)C[NH+]1CCC[C@@H]1c1nc2ccccc2s1. The van der Waals surface area contributed by atoms with Crippen LogP contribution in [-0.4, -0.2) is 31.1 Å². The van der Waals surface area contributed by atoms with Crippen LogP contribution in [0.2, 0.25) is 0 Å². The fraction of sp³-hybridized carbons (Fsp3) is 0.333. The number of amides is 1. The summed E-state index contributed by atoms with van der Waals surface area (Å²) in [6.45, 7) is 3.45. The Hall–Kier alpha value is -2.44. The molecule has 0 radical (unpaired) electrons. The minimum Gasteiger partial charge on any atom is -0.495 e. The number of fused-ring (bicyclic) bond motifs is 1. The number of aryl methyl sites for hydroxylation is 1. The van der Waals surface area contributed by atoms with Crippen molar-refractivity contribution in [2.24, 2.45) is 0 Å². The summed E-state index contributed by atoms with van der Waals surface area (Å²) in [5.74, 6) is 0.704. The number of nitrogens with zero attached hydrogens (tertiary/aromatic N) is 1. The second kappa shape index (κ2) is 7.66. The maximum Gasteiger partial charge on any atom is 0.279 e. The lowest BCUT2D eigenvalue weighted by atomic mass is 10.2. The summed E-state index contributed by atoms with van der Waals surface area (Å²) in [4.78, 5) is 18.8. The first-order valence-corrected chi connectivity index (χ1v) is 10.1. The summed E-state index contributed by atoms with van der Waals surface area (Å²) in [5, 5.41) is 4.17. The minimum absolute atomic E-state index is 0.0157. The van der Waals surface area contributed by atoms with Gasteiger partial charge in [-0.1, -0.05) is 18.2 Å². The van der Waals surface area contributed by atoms with Crippen molar-refractivity contribution in [3.8, 4) is 5.75 Å². The molecule has 0 saturated carbocycles. The summed E-state index contributed by atoms with van der Waals surface area (Å²) in [5.41, 5.74) is 2.88. The Balaban J connectivity index is 1.48. The van der Waals surface area contributed by atoms with Crippen molar-refractivity contribution in [3.05, 3.63) is 53.0 Å². The summed E-state index contributed by atoms with van der Waals surface area (Å²) in [6, 6.07) is 14.3. The number of quaternary nitrogens is 1. The number of methoxy groups -OCH3 is 1. The smallest absolute Gasteiger partial charge is 0.279 e. The minimum atomic E-state index is 0.0157. The summed E-state index contributed by atoms with van der Waals surface area (Å²) in [7, 11) is 1.62. The Bertz CT molecular complexity index is 936. The third-order valence-corrected chi connectivity index (χ3v) is 6.26. The van der Waals surface area contributed by atoms with Gasteiger partial charge < -0.3 is 15.0 Å². The number of carbonyl (C=O) groups excluding carboxylic acids is 1. The molecule has 1 aromatic heterocycles. The van der Waals surface area contributed by atoms with Gasteiger partial charge in [-0.3, -0.25) is 4.79 Å². The number of nitrogens with one attached hydrogen (secondary N) is 2. The zero-order valence-corrected chi connectivity index (χ0v) is 16.4. The van der Waals surface area contributed by atoms with Crippen molar-refractivity contribution >= 4 is 33.1 Å². The van der Waals surface area contributed by atoms with Gasteiger partial charge in [-0.2, -0.15) is 0 Å². The van der Waals surface area contributed by atoms with Crippen LogP contribution >= 0.6 is 11.3 Å². The standard InChI is InChI=1S/C21H23N3O2S/c1-14-9-10-18(26-2)16(12-14)22-20(25)13-24-11-5-7-17(24)21-23-15-6-3-4-8-19(15)27-21/h3-4,6,8-10,12,17H,5,7,11,13H2,1-2H3,(H,22,25)/p+1/t17-/m1/s1. The van der Waals surface area contributed by atoms with Crippen molar-refractivity contribution in [1.29, 1.82) is 0 Å². The lowest BCUT2D eigenvalue weighted by Crippen LogP contribution is -3.11. The highest BCUT2D eigenvalue weighted by Gasteiger charge is 2.34. The van der Waals surface area contributed by atoms with Gasteiger partial charge in [0.05, 0.1) is 29.6 Å². The normalized spacial score (nSPS) is 19.3. The fourth-order valence-electron chi connectivity index (χ4n) is 3.78. The number of anilines is 1. The molecule has 2 aromatic carbocycles. The van der Waals surface area contributed by atoms with E-state index >= 15 is 0 Å². The Kier molecular flexibility index (Phi) is 5.09. The van der Waals surface area contributed by atoms with Gasteiger partial charge >= 0.3 is 0 Å². The molecule has 1 unspecified atom stereocenters. The maximum atomic E-state index is 12.7. The number of likely N-dealkylation sites (tertiary alicyclic amines) is 1. The van der Waals surface area contributed by atoms with E-state index in [-0.39, 0.29) is 5.91 Å². The Morgan fingerprint density at radius 2 is 2.19 bits per heavy atom. The molecule has 2 heterocycles. The molecule has 1 fully saturated rings. The fourth-order valence-corrected chi connectivity index (χ4v) is 4.94. The number of rotatable bonds is 5. The average molecular weight is 383 g/mol. The predicted molar refractivity (Wildman–Crippen MR) is 109 cm³/mol. The number of hydrogen-bond acceptors (Lipinski definition) is 4. The van der Waals surface area contributed by atoms with Crippen LogP contribution in [0.15, 0.2) is 42.5 Å². The van der Waals surface area contributed by atoms with Crippen molar-refractivity contribution in [1.82, 2.24) is 4.98 Å². The molecular formula is C21H24N3O2S+. The van der Waals surface area contributed by atoms with Crippen molar-refractivity contribution in [3.63, 3.8) is 0 Å². The number of para-hydroxylation sites is 1. The molecule has 2 N–H and O–H groups in total. The Labute approximate surface area is 163 Å². The van der Waals surface area contributed by atoms with E-state index in [0.717, 1.165) is 41.2 Å². The largest absolute Gasteiger partial charge is 0.495 e. The molecule has 1 amide bonds. The van der Waals surface area contributed by atoms with E-state index in [2.05, 4.69) is 17.4 Å². The molecule has 1 aliphatic rings. The highest BCUT2D eigenvalue weighted by Crippen LogP contribution is 2.29. The van der Waals surface area contributed by atoms with Gasteiger partial charge in [0.1, 0.15) is 11.8 Å². The zero-order chi connectivity index (χ0) is 18.8. The second-order valence-corrected chi connectivity index (χ2v) is 8.11. The molecule has 27 heavy (non-hydrogen) atoms. The third-order valence-electron chi connectivity index (χ3n) is 5.11. The van der Waals surface area contributed by atoms with Gasteiger partial charge in [0.2, 0.25) is 0 Å². The first-order valence-electron chi connectivity index (χ1n) is 9.28. The average Bonchev–Trinajstić information content (AvgIpc) is 3.28. The highest BCUT2D eigenvalue weighted by molar-refractivity contribution is 7.18. The lowest BCUT2D eigenvalue weighted by molar-refractivity contribution is -0.910. The van der Waals surface area contributed by atoms with E-state index in [1.54, 1.807) is 18.4 Å². The molecule has 1 saturated heterocycles. The Morgan fingerprint density at radius 3 is 3.00 bits per heavy atom. The summed E-state index contributed by atoms with van der Waals surface area (Å²) < 4.78 is 6.58. The molecule has 2 atom stereocenters. The van der Waals surface area contributed by atoms with E-state index in [4.69, 9.17) is 9.72 Å². The number of aromatic nitrogens is 1. The number of benzene rings is 2. The molecule has 4 rings (SSSR count). The van der Waals surface area contributed by atoms with E-state index in [1.165, 1.54) is 9.60 Å². The van der Waals surface area contributed by atoms with Crippen molar-refractivity contribution in [2.45, 2.75) is 25.8 Å². The van der Waals surface area contributed by atoms with E-state index in [9.17, 15) is 4.79 Å². The number of carbonyl (C=O) groups is 1. The van der Waals surface area contributed by atoms with Crippen molar-refractivity contribution in [2.75, 3.05) is 25.5 Å². The highest BCUT2D eigenvalue weighted by atomic mass is 32.1. The first kappa shape index (κ1) is 17.9. The lowest BCUT2D eigenvalue weighted by Gasteiger charge is -2.19. The summed E-state index contributed by atoms with van der Waals surface area (Å²) >= 11 is 1.75. The van der Waals surface area contributed by atoms with Crippen LogP contribution in [0, 0.1) is 6.92 Å². The predicted octanol–water partition coefficient (Wildman–Crippen LogP) is 2.97. The van der Waals surface area contributed by atoms with E-state index in [0.29, 0.717) is 18.3 Å². The molecule has 1 aliphatic heterocycles. The zero-order valence-electron chi connectivity index (χ0n) is 15.6. The van der Waals surface area contributed by atoms with E-state index < -0.39 is 0 Å². The molecule has 0 aliphatic carbocycles. The number of hydrogen-bond donors (Lipinski definition) is 2. The van der Waals surface area contributed by atoms with Crippen LogP contribution in [0.5, 0.6) is 5.75 Å². The van der Waals surface area contributed by atoms with Gasteiger partial charge in [0, 0.05) is 12.8 Å². The molecule has 0 bridgehead atoms. The van der Waals surface area contributed by atoms with Gasteiger partial charge in [0.25, 0.3) is 5.91 Å². The van der Waals surface area contributed by atoms with Gasteiger partial charge in [-0.25, -0.2) is 4.98 Å². The van der Waals surface area contributed by atoms with Crippen LogP contribution in [0.1, 0.15) is 29.5 Å². The van der Waals surface area contributed by atoms with E-state index in [1.807, 2.05) is 37.3 Å². The van der Waals surface area contributed by atoms with Crippen LogP contribution < -0.4 is 15.0 Å². The van der Waals surface area contributed by atoms with Gasteiger partial charge in [-0.05, 0) is 36.8 Å². The molecule has 6 heteroatoms. The summed E-state index contributed by atoms with van der Waals surface area (Å²) in [6.07, 6.45) is 2.20.